The molecular formula is C11H14N6. The molecule has 6 nitrogen and oxygen atoms in total. The fourth-order valence-corrected chi connectivity index (χ4v) is 2.16. The highest BCUT2D eigenvalue weighted by atomic mass is 15.5. The molecular weight excluding hydrogens is 216 g/mol. The number of tetrazole rings is 1. The van der Waals surface area contributed by atoms with E-state index in [1.54, 1.807) is 17.1 Å². The predicted molar refractivity (Wildman–Crippen MR) is 61.6 cm³/mol. The molecule has 1 fully saturated rings. The Morgan fingerprint density at radius 2 is 2.47 bits per heavy atom. The van der Waals surface area contributed by atoms with E-state index in [9.17, 15) is 0 Å². The van der Waals surface area contributed by atoms with E-state index in [2.05, 4.69) is 25.8 Å². The summed E-state index contributed by atoms with van der Waals surface area (Å²) >= 11 is 0. The normalized spacial score (nSPS) is 19.6. The molecule has 6 heteroatoms. The van der Waals surface area contributed by atoms with Gasteiger partial charge in [0, 0.05) is 12.6 Å². The molecule has 1 N–H and O–H groups in total. The van der Waals surface area contributed by atoms with Gasteiger partial charge in [0.15, 0.2) is 5.82 Å². The number of nitrogens with zero attached hydrogens (tertiary/aromatic N) is 5. The van der Waals surface area contributed by atoms with E-state index in [1.165, 1.54) is 6.42 Å². The highest BCUT2D eigenvalue weighted by Gasteiger charge is 2.19. The predicted octanol–water partition coefficient (Wildman–Crippen LogP) is 0.209. The van der Waals surface area contributed by atoms with Crippen molar-refractivity contribution in [3.8, 4) is 5.69 Å². The number of rotatable bonds is 3. The third-order valence-electron chi connectivity index (χ3n) is 3.06. The van der Waals surface area contributed by atoms with E-state index < -0.39 is 0 Å². The van der Waals surface area contributed by atoms with E-state index in [0.29, 0.717) is 5.92 Å². The van der Waals surface area contributed by atoms with E-state index in [-0.39, 0.29) is 0 Å². The minimum Gasteiger partial charge on any atom is -0.316 e. The summed E-state index contributed by atoms with van der Waals surface area (Å²) in [6, 6.07) is 3.84. The van der Waals surface area contributed by atoms with Gasteiger partial charge in [-0.05, 0) is 48.0 Å². The monoisotopic (exact) mass is 230 g/mol. The van der Waals surface area contributed by atoms with Gasteiger partial charge in [0.25, 0.3) is 0 Å². The van der Waals surface area contributed by atoms with Crippen LogP contribution < -0.4 is 5.32 Å². The van der Waals surface area contributed by atoms with Crippen molar-refractivity contribution in [2.75, 3.05) is 13.1 Å². The van der Waals surface area contributed by atoms with Crippen molar-refractivity contribution >= 4 is 0 Å². The Kier molecular flexibility index (Phi) is 2.79. The molecule has 88 valence electrons. The molecule has 0 amide bonds. The molecule has 1 aliphatic heterocycles. The Bertz CT molecular complexity index is 474. The SMILES string of the molecule is c1cncc(-n2nnnc2CC2CCNC2)c1. The number of hydrogen-bond acceptors (Lipinski definition) is 5. The summed E-state index contributed by atoms with van der Waals surface area (Å²) in [6.45, 7) is 2.15. The molecule has 0 aromatic carbocycles. The molecule has 1 saturated heterocycles. The van der Waals surface area contributed by atoms with Gasteiger partial charge in [-0.1, -0.05) is 0 Å². The molecule has 0 saturated carbocycles. The molecule has 3 heterocycles. The fraction of sp³-hybridized carbons (Fsp3) is 0.455. The first-order chi connectivity index (χ1) is 8.43. The van der Waals surface area contributed by atoms with Crippen LogP contribution in [0.15, 0.2) is 24.5 Å². The minimum absolute atomic E-state index is 0.636. The average Bonchev–Trinajstić information content (AvgIpc) is 3.02. The second-order valence-corrected chi connectivity index (χ2v) is 4.28. The van der Waals surface area contributed by atoms with Gasteiger partial charge in [-0.25, -0.2) is 0 Å². The molecule has 1 unspecified atom stereocenters. The highest BCUT2D eigenvalue weighted by molar-refractivity contribution is 5.26. The average molecular weight is 230 g/mol. The molecule has 0 spiro atoms. The Morgan fingerprint density at radius 3 is 3.24 bits per heavy atom. The number of aromatic nitrogens is 5. The van der Waals surface area contributed by atoms with Crippen LogP contribution in [-0.4, -0.2) is 38.3 Å². The van der Waals surface area contributed by atoms with Crippen LogP contribution in [0.1, 0.15) is 12.2 Å². The smallest absolute Gasteiger partial charge is 0.157 e. The van der Waals surface area contributed by atoms with Crippen LogP contribution in [0.25, 0.3) is 5.69 Å². The Hall–Kier alpha value is -1.82. The maximum atomic E-state index is 4.10. The highest BCUT2D eigenvalue weighted by Crippen LogP contribution is 2.15. The summed E-state index contributed by atoms with van der Waals surface area (Å²) in [6.07, 6.45) is 5.62. The molecule has 1 atom stereocenters. The fourth-order valence-electron chi connectivity index (χ4n) is 2.16. The van der Waals surface area contributed by atoms with E-state index >= 15 is 0 Å². The maximum absolute atomic E-state index is 4.10. The quantitative estimate of drug-likeness (QED) is 0.816. The lowest BCUT2D eigenvalue weighted by Gasteiger charge is -2.07. The molecule has 0 radical (unpaired) electrons. The second-order valence-electron chi connectivity index (χ2n) is 4.28. The van der Waals surface area contributed by atoms with Gasteiger partial charge in [0.2, 0.25) is 0 Å². The van der Waals surface area contributed by atoms with Crippen LogP contribution in [0.5, 0.6) is 0 Å². The van der Waals surface area contributed by atoms with Crippen molar-refractivity contribution in [1.82, 2.24) is 30.5 Å². The molecule has 17 heavy (non-hydrogen) atoms. The topological polar surface area (TPSA) is 68.5 Å². The van der Waals surface area contributed by atoms with Gasteiger partial charge in [-0.2, -0.15) is 4.68 Å². The zero-order chi connectivity index (χ0) is 11.5. The Balaban J connectivity index is 1.84. The van der Waals surface area contributed by atoms with Crippen LogP contribution in [-0.2, 0) is 6.42 Å². The lowest BCUT2D eigenvalue weighted by molar-refractivity contribution is 0.551. The number of pyridine rings is 1. The first kappa shape index (κ1) is 10.3. The zero-order valence-electron chi connectivity index (χ0n) is 9.45. The molecule has 1 aliphatic rings. The van der Waals surface area contributed by atoms with Crippen LogP contribution in [0, 0.1) is 5.92 Å². The van der Waals surface area contributed by atoms with E-state index in [0.717, 1.165) is 31.0 Å². The number of hydrogen-bond donors (Lipinski definition) is 1. The van der Waals surface area contributed by atoms with Crippen LogP contribution in [0.4, 0.5) is 0 Å². The van der Waals surface area contributed by atoms with Gasteiger partial charge in [0.1, 0.15) is 0 Å². The van der Waals surface area contributed by atoms with Gasteiger partial charge in [-0.3, -0.25) is 4.98 Å². The van der Waals surface area contributed by atoms with Gasteiger partial charge in [0.05, 0.1) is 11.9 Å². The van der Waals surface area contributed by atoms with E-state index in [4.69, 9.17) is 0 Å². The molecule has 2 aromatic heterocycles. The van der Waals surface area contributed by atoms with E-state index in [1.807, 2.05) is 12.1 Å². The summed E-state index contributed by atoms with van der Waals surface area (Å²) in [7, 11) is 0. The Labute approximate surface area is 99.1 Å². The van der Waals surface area contributed by atoms with Crippen LogP contribution >= 0.6 is 0 Å². The third-order valence-corrected chi connectivity index (χ3v) is 3.06. The summed E-state index contributed by atoms with van der Waals surface area (Å²) in [5.41, 5.74) is 0.915. The molecule has 3 rings (SSSR count). The summed E-state index contributed by atoms with van der Waals surface area (Å²) in [5.74, 6) is 1.54. The third kappa shape index (κ3) is 2.16. The Morgan fingerprint density at radius 1 is 1.47 bits per heavy atom. The van der Waals surface area contributed by atoms with Crippen molar-refractivity contribution in [2.45, 2.75) is 12.8 Å². The van der Waals surface area contributed by atoms with Crippen molar-refractivity contribution in [1.29, 1.82) is 0 Å². The van der Waals surface area contributed by atoms with Crippen molar-refractivity contribution in [2.24, 2.45) is 5.92 Å². The van der Waals surface area contributed by atoms with Crippen molar-refractivity contribution in [3.63, 3.8) is 0 Å². The first-order valence-corrected chi connectivity index (χ1v) is 5.82. The molecule has 0 aliphatic carbocycles. The van der Waals surface area contributed by atoms with Crippen LogP contribution in [0.3, 0.4) is 0 Å². The van der Waals surface area contributed by atoms with Gasteiger partial charge >= 0.3 is 0 Å². The second kappa shape index (κ2) is 4.58. The standard InChI is InChI=1S/C11H14N6/c1-2-10(8-12-4-1)17-11(14-15-16-17)6-9-3-5-13-7-9/h1-2,4,8-9,13H,3,5-7H2. The lowest BCUT2D eigenvalue weighted by atomic mass is 10.0. The largest absolute Gasteiger partial charge is 0.316 e. The van der Waals surface area contributed by atoms with Crippen molar-refractivity contribution in [3.05, 3.63) is 30.4 Å². The zero-order valence-corrected chi connectivity index (χ0v) is 9.45. The summed E-state index contributed by atoms with van der Waals surface area (Å²) in [4.78, 5) is 4.08. The van der Waals surface area contributed by atoms with Gasteiger partial charge in [-0.15, -0.1) is 5.10 Å². The lowest BCUT2D eigenvalue weighted by Crippen LogP contribution is -2.13. The first-order valence-electron chi connectivity index (χ1n) is 5.82. The summed E-state index contributed by atoms with van der Waals surface area (Å²) < 4.78 is 1.77. The molecule has 2 aromatic rings. The summed E-state index contributed by atoms with van der Waals surface area (Å²) in [5, 5.41) is 15.2. The van der Waals surface area contributed by atoms with Crippen molar-refractivity contribution < 1.29 is 0 Å². The molecule has 0 bridgehead atoms. The van der Waals surface area contributed by atoms with Gasteiger partial charge < -0.3 is 5.32 Å². The maximum Gasteiger partial charge on any atom is 0.157 e. The van der Waals surface area contributed by atoms with Crippen LogP contribution in [0.2, 0.25) is 0 Å². The number of nitrogens with one attached hydrogen (secondary N) is 1. The minimum atomic E-state index is 0.636.